The van der Waals surface area contributed by atoms with Crippen molar-refractivity contribution in [3.8, 4) is 0 Å². The lowest BCUT2D eigenvalue weighted by Crippen LogP contribution is -2.57. The number of hydrogen-bond acceptors (Lipinski definition) is 7. The summed E-state index contributed by atoms with van der Waals surface area (Å²) in [5, 5.41) is 16.8. The van der Waals surface area contributed by atoms with E-state index in [0.29, 0.717) is 24.3 Å². The Morgan fingerprint density at radius 2 is 1.72 bits per heavy atom. The Morgan fingerprint density at radius 1 is 1.09 bits per heavy atom. The number of amides is 3. The number of aromatic nitrogens is 2. The Kier molecular flexibility index (Phi) is 11.8. The lowest BCUT2D eigenvalue weighted by Gasteiger charge is -2.25. The van der Waals surface area contributed by atoms with E-state index in [9.17, 15) is 19.2 Å². The Morgan fingerprint density at radius 3 is 2.25 bits per heavy atom. The summed E-state index contributed by atoms with van der Waals surface area (Å²) < 4.78 is 0. The number of nitrogens with zero attached hydrogens (tertiary/aromatic N) is 1. The number of carbonyl (C=O) groups is 4. The lowest BCUT2D eigenvalue weighted by molar-refractivity contribution is -0.141. The first-order valence-corrected chi connectivity index (χ1v) is 11.8. The number of carboxylic acid groups (broad SMARTS) is 1. The van der Waals surface area contributed by atoms with Crippen LogP contribution in [0.5, 0.6) is 0 Å². The number of carbonyl (C=O) groups excluding carboxylic acids is 3. The summed E-state index contributed by atoms with van der Waals surface area (Å²) in [7, 11) is 0. The van der Waals surface area contributed by atoms with Crippen molar-refractivity contribution in [1.29, 1.82) is 0 Å². The second-order valence-corrected chi connectivity index (χ2v) is 8.97. The molecule has 0 bridgehead atoms. The van der Waals surface area contributed by atoms with Gasteiger partial charge in [0.15, 0.2) is 0 Å². The first-order chi connectivity index (χ1) is 15.0. The maximum atomic E-state index is 13.0. The fourth-order valence-electron chi connectivity index (χ4n) is 2.86. The van der Waals surface area contributed by atoms with E-state index in [1.807, 2.05) is 20.1 Å². The zero-order chi connectivity index (χ0) is 24.3. The van der Waals surface area contributed by atoms with Crippen LogP contribution in [-0.2, 0) is 25.6 Å². The van der Waals surface area contributed by atoms with E-state index in [-0.39, 0.29) is 12.3 Å². The SMILES string of the molecule is CSCCC(NC(=O)C(N)Cc1cnc[nH]1)C(=O)NC(CC(C)C)C(=O)NC(C)C(=O)O. The van der Waals surface area contributed by atoms with Crippen molar-refractivity contribution in [3.05, 3.63) is 18.2 Å². The molecule has 1 aromatic rings. The third kappa shape index (κ3) is 9.69. The number of aliphatic carboxylic acids is 1. The van der Waals surface area contributed by atoms with Crippen LogP contribution in [0.1, 0.15) is 39.3 Å². The molecule has 0 spiro atoms. The van der Waals surface area contributed by atoms with Crippen molar-refractivity contribution in [1.82, 2.24) is 25.9 Å². The summed E-state index contributed by atoms with van der Waals surface area (Å²) in [6.07, 6.45) is 5.82. The van der Waals surface area contributed by atoms with Gasteiger partial charge in [-0.05, 0) is 37.7 Å². The third-order valence-corrected chi connectivity index (χ3v) is 5.29. The maximum absolute atomic E-state index is 13.0. The molecule has 1 rings (SSSR count). The van der Waals surface area contributed by atoms with Crippen LogP contribution in [0.3, 0.4) is 0 Å². The summed E-state index contributed by atoms with van der Waals surface area (Å²) in [6.45, 7) is 5.11. The molecule has 0 aromatic carbocycles. The van der Waals surface area contributed by atoms with Crippen LogP contribution in [0.25, 0.3) is 0 Å². The minimum Gasteiger partial charge on any atom is -0.480 e. The molecule has 4 unspecified atom stereocenters. The van der Waals surface area contributed by atoms with Gasteiger partial charge in [-0.15, -0.1) is 0 Å². The molecule has 0 saturated heterocycles. The van der Waals surface area contributed by atoms with E-state index in [0.717, 1.165) is 0 Å². The minimum atomic E-state index is -1.18. The van der Waals surface area contributed by atoms with Crippen molar-refractivity contribution in [2.24, 2.45) is 11.7 Å². The first kappa shape index (κ1) is 27.4. The van der Waals surface area contributed by atoms with Crippen LogP contribution in [0.2, 0.25) is 0 Å². The Balaban J connectivity index is 2.85. The second-order valence-electron chi connectivity index (χ2n) is 7.99. The molecule has 1 aromatic heterocycles. The molecule has 1 heterocycles. The van der Waals surface area contributed by atoms with Gasteiger partial charge >= 0.3 is 5.97 Å². The average Bonchev–Trinajstić information content (AvgIpc) is 3.22. The molecule has 0 aliphatic heterocycles. The standard InChI is InChI=1S/C20H34N6O5S/c1-11(2)7-16(19(29)24-12(3)20(30)31)26-18(28)15(5-6-32-4)25-17(27)14(21)8-13-9-22-10-23-13/h9-12,14-16H,5-8,21H2,1-4H3,(H,22,23)(H,24,29)(H,25,27)(H,26,28)(H,30,31). The fourth-order valence-corrected chi connectivity index (χ4v) is 3.33. The van der Waals surface area contributed by atoms with E-state index in [1.54, 1.807) is 6.20 Å². The predicted molar refractivity (Wildman–Crippen MR) is 122 cm³/mol. The molecular formula is C20H34N6O5S. The summed E-state index contributed by atoms with van der Waals surface area (Å²) in [5.41, 5.74) is 6.66. The highest BCUT2D eigenvalue weighted by molar-refractivity contribution is 7.98. The van der Waals surface area contributed by atoms with Crippen LogP contribution in [-0.4, -0.2) is 74.9 Å². The highest BCUT2D eigenvalue weighted by Crippen LogP contribution is 2.08. The van der Waals surface area contributed by atoms with Crippen molar-refractivity contribution in [3.63, 3.8) is 0 Å². The number of nitrogens with two attached hydrogens (primary N) is 1. The summed E-state index contributed by atoms with van der Waals surface area (Å²) in [5.74, 6) is -2.12. The average molecular weight is 471 g/mol. The molecule has 0 saturated carbocycles. The summed E-state index contributed by atoms with van der Waals surface area (Å²) in [6, 6.07) is -3.80. The first-order valence-electron chi connectivity index (χ1n) is 10.4. The fraction of sp³-hybridized carbons (Fsp3) is 0.650. The van der Waals surface area contributed by atoms with Crippen LogP contribution in [0.4, 0.5) is 0 Å². The molecule has 4 atom stereocenters. The third-order valence-electron chi connectivity index (χ3n) is 4.64. The van der Waals surface area contributed by atoms with Crippen molar-refractivity contribution < 1.29 is 24.3 Å². The number of carboxylic acids is 1. The normalized spacial score (nSPS) is 14.8. The van der Waals surface area contributed by atoms with E-state index >= 15 is 0 Å². The summed E-state index contributed by atoms with van der Waals surface area (Å²) >= 11 is 1.51. The van der Waals surface area contributed by atoms with Gasteiger partial charge in [0.25, 0.3) is 0 Å². The predicted octanol–water partition coefficient (Wildman–Crippen LogP) is -0.362. The Bertz CT molecular complexity index is 758. The molecule has 0 fully saturated rings. The monoisotopic (exact) mass is 470 g/mol. The van der Waals surface area contributed by atoms with Crippen LogP contribution >= 0.6 is 11.8 Å². The lowest BCUT2D eigenvalue weighted by atomic mass is 10.0. The molecular weight excluding hydrogens is 436 g/mol. The largest absolute Gasteiger partial charge is 0.480 e. The van der Waals surface area contributed by atoms with Gasteiger partial charge in [0.1, 0.15) is 18.1 Å². The maximum Gasteiger partial charge on any atom is 0.325 e. The van der Waals surface area contributed by atoms with E-state index in [4.69, 9.17) is 10.8 Å². The molecule has 0 aliphatic rings. The Labute approximate surface area is 192 Å². The smallest absolute Gasteiger partial charge is 0.325 e. The van der Waals surface area contributed by atoms with Gasteiger partial charge in [-0.3, -0.25) is 19.2 Å². The molecule has 32 heavy (non-hydrogen) atoms. The number of nitrogens with one attached hydrogen (secondary N) is 4. The molecule has 180 valence electrons. The van der Waals surface area contributed by atoms with E-state index < -0.39 is 47.9 Å². The number of H-pyrrole nitrogens is 1. The number of hydrogen-bond donors (Lipinski definition) is 6. The molecule has 0 radical (unpaired) electrons. The van der Waals surface area contributed by atoms with Crippen molar-refractivity contribution in [2.45, 2.75) is 64.2 Å². The zero-order valence-electron chi connectivity index (χ0n) is 18.9. The summed E-state index contributed by atoms with van der Waals surface area (Å²) in [4.78, 5) is 55.9. The topological polar surface area (TPSA) is 179 Å². The van der Waals surface area contributed by atoms with Crippen LogP contribution < -0.4 is 21.7 Å². The quantitative estimate of drug-likeness (QED) is 0.213. The van der Waals surface area contributed by atoms with Gasteiger partial charge in [-0.2, -0.15) is 11.8 Å². The van der Waals surface area contributed by atoms with Crippen LogP contribution in [0, 0.1) is 5.92 Å². The van der Waals surface area contributed by atoms with Crippen LogP contribution in [0.15, 0.2) is 12.5 Å². The number of rotatable bonds is 14. The molecule has 3 amide bonds. The molecule has 11 nitrogen and oxygen atoms in total. The number of imidazole rings is 1. The zero-order valence-corrected chi connectivity index (χ0v) is 19.7. The number of aromatic amines is 1. The molecule has 0 aliphatic carbocycles. The molecule has 12 heteroatoms. The Hall–Kier alpha value is -2.60. The van der Waals surface area contributed by atoms with Gasteiger partial charge in [-0.25, -0.2) is 4.98 Å². The van der Waals surface area contributed by atoms with Crippen molar-refractivity contribution >= 4 is 35.5 Å². The highest BCUT2D eigenvalue weighted by atomic mass is 32.2. The van der Waals surface area contributed by atoms with Gasteiger partial charge in [-0.1, -0.05) is 13.8 Å². The minimum absolute atomic E-state index is 0.0632. The van der Waals surface area contributed by atoms with Gasteiger partial charge in [0.2, 0.25) is 17.7 Å². The van der Waals surface area contributed by atoms with Crippen molar-refractivity contribution in [2.75, 3.05) is 12.0 Å². The van der Waals surface area contributed by atoms with Gasteiger partial charge < -0.3 is 31.8 Å². The van der Waals surface area contributed by atoms with Gasteiger partial charge in [0, 0.05) is 18.3 Å². The van der Waals surface area contributed by atoms with E-state index in [1.165, 1.54) is 25.0 Å². The highest BCUT2D eigenvalue weighted by Gasteiger charge is 2.29. The van der Waals surface area contributed by atoms with E-state index in [2.05, 4.69) is 25.9 Å². The molecule has 7 N–H and O–H groups in total. The second kappa shape index (κ2) is 13.7. The number of thioether (sulfide) groups is 1. The van der Waals surface area contributed by atoms with Gasteiger partial charge in [0.05, 0.1) is 12.4 Å².